The molecular weight excluding hydrogens is 207 g/mol. The normalized spacial score (nSPS) is 11.7. The monoisotopic (exact) mass is 217 g/mol. The minimum atomic E-state index is -4.25. The molecular formula is C7H11ClF3NO. The summed E-state index contributed by atoms with van der Waals surface area (Å²) >= 11 is 5.39. The standard InChI is InChI=1S/C7H11ClF3NO/c1-6(8)4-12-2-3-13-5-7(9,10)11/h12H,1-5H2. The van der Waals surface area contributed by atoms with E-state index in [1.54, 1.807) is 0 Å². The van der Waals surface area contributed by atoms with Crippen molar-refractivity contribution in [3.63, 3.8) is 0 Å². The second-order valence-corrected chi connectivity index (χ2v) is 2.90. The second kappa shape index (κ2) is 6.23. The van der Waals surface area contributed by atoms with E-state index in [1.807, 2.05) is 0 Å². The lowest BCUT2D eigenvalue weighted by Crippen LogP contribution is -2.24. The number of halogens is 4. The maximum atomic E-state index is 11.5. The molecule has 0 spiro atoms. The summed E-state index contributed by atoms with van der Waals surface area (Å²) in [6.45, 7) is 2.88. The molecule has 13 heavy (non-hydrogen) atoms. The molecule has 0 saturated carbocycles. The Balaban J connectivity index is 3.13. The van der Waals surface area contributed by atoms with Crippen LogP contribution < -0.4 is 5.32 Å². The number of ether oxygens (including phenoxy) is 1. The van der Waals surface area contributed by atoms with Crippen LogP contribution in [0, 0.1) is 0 Å². The molecule has 6 heteroatoms. The van der Waals surface area contributed by atoms with Crippen molar-refractivity contribution in [2.75, 3.05) is 26.3 Å². The van der Waals surface area contributed by atoms with Gasteiger partial charge in [0.05, 0.1) is 6.61 Å². The summed E-state index contributed by atoms with van der Waals surface area (Å²) in [4.78, 5) is 0. The van der Waals surface area contributed by atoms with Crippen molar-refractivity contribution < 1.29 is 17.9 Å². The quantitative estimate of drug-likeness (QED) is 0.687. The van der Waals surface area contributed by atoms with Crippen LogP contribution >= 0.6 is 11.6 Å². The van der Waals surface area contributed by atoms with E-state index in [2.05, 4.69) is 16.6 Å². The molecule has 0 aromatic heterocycles. The van der Waals surface area contributed by atoms with Crippen molar-refractivity contribution in [2.24, 2.45) is 0 Å². The van der Waals surface area contributed by atoms with Gasteiger partial charge in [0.2, 0.25) is 0 Å². The topological polar surface area (TPSA) is 21.3 Å². The van der Waals surface area contributed by atoms with Gasteiger partial charge in [-0.25, -0.2) is 0 Å². The summed E-state index contributed by atoms with van der Waals surface area (Å²) in [6, 6.07) is 0. The zero-order valence-electron chi connectivity index (χ0n) is 6.96. The summed E-state index contributed by atoms with van der Waals surface area (Å²) < 4.78 is 38.9. The van der Waals surface area contributed by atoms with Gasteiger partial charge in [-0.15, -0.1) is 0 Å². The first-order valence-electron chi connectivity index (χ1n) is 3.60. The van der Waals surface area contributed by atoms with Crippen LogP contribution in [0.15, 0.2) is 11.6 Å². The number of alkyl halides is 3. The zero-order valence-corrected chi connectivity index (χ0v) is 7.71. The van der Waals surface area contributed by atoms with Gasteiger partial charge in [-0.1, -0.05) is 18.2 Å². The molecule has 0 fully saturated rings. The summed E-state index contributed by atoms with van der Waals surface area (Å²) in [5, 5.41) is 3.16. The Morgan fingerprint density at radius 2 is 2.08 bits per heavy atom. The Labute approximate surface area is 79.7 Å². The average molecular weight is 218 g/mol. The molecule has 2 nitrogen and oxygen atoms in total. The van der Waals surface area contributed by atoms with Crippen molar-refractivity contribution in [1.29, 1.82) is 0 Å². The fourth-order valence-corrected chi connectivity index (χ4v) is 0.651. The number of rotatable bonds is 6. The highest BCUT2D eigenvalue weighted by molar-refractivity contribution is 6.29. The van der Waals surface area contributed by atoms with E-state index in [4.69, 9.17) is 11.6 Å². The molecule has 0 heterocycles. The first kappa shape index (κ1) is 12.7. The van der Waals surface area contributed by atoms with Crippen LogP contribution in [-0.2, 0) is 4.74 Å². The van der Waals surface area contributed by atoms with Crippen LogP contribution in [0.25, 0.3) is 0 Å². The maximum absolute atomic E-state index is 11.5. The van der Waals surface area contributed by atoms with Crippen molar-refractivity contribution in [3.05, 3.63) is 11.6 Å². The molecule has 0 aromatic rings. The van der Waals surface area contributed by atoms with Gasteiger partial charge in [0.25, 0.3) is 0 Å². The van der Waals surface area contributed by atoms with E-state index in [0.717, 1.165) is 0 Å². The minimum Gasteiger partial charge on any atom is -0.371 e. The summed E-state index contributed by atoms with van der Waals surface area (Å²) in [7, 11) is 0. The summed E-state index contributed by atoms with van der Waals surface area (Å²) in [6.07, 6.45) is -4.25. The predicted octanol–water partition coefficient (Wildman–Crippen LogP) is 1.91. The summed E-state index contributed by atoms with van der Waals surface area (Å²) in [5.74, 6) is 0. The van der Waals surface area contributed by atoms with Crippen LogP contribution in [0.3, 0.4) is 0 Å². The Kier molecular flexibility index (Phi) is 6.11. The molecule has 0 atom stereocenters. The van der Waals surface area contributed by atoms with Crippen molar-refractivity contribution in [2.45, 2.75) is 6.18 Å². The molecule has 0 unspecified atom stereocenters. The SMILES string of the molecule is C=C(Cl)CNCCOCC(F)(F)F. The lowest BCUT2D eigenvalue weighted by Gasteiger charge is -2.07. The van der Waals surface area contributed by atoms with Gasteiger partial charge in [-0.2, -0.15) is 13.2 Å². The average Bonchev–Trinajstić information content (AvgIpc) is 1.93. The third-order valence-electron chi connectivity index (χ3n) is 1.01. The molecule has 0 aromatic carbocycles. The van der Waals surface area contributed by atoms with E-state index in [0.29, 0.717) is 18.1 Å². The highest BCUT2D eigenvalue weighted by Gasteiger charge is 2.27. The van der Waals surface area contributed by atoms with Crippen LogP contribution in [0.1, 0.15) is 0 Å². The Morgan fingerprint density at radius 1 is 1.46 bits per heavy atom. The van der Waals surface area contributed by atoms with Gasteiger partial charge in [-0.3, -0.25) is 0 Å². The van der Waals surface area contributed by atoms with E-state index >= 15 is 0 Å². The van der Waals surface area contributed by atoms with Gasteiger partial charge in [0.15, 0.2) is 0 Å². The lowest BCUT2D eigenvalue weighted by molar-refractivity contribution is -0.173. The number of hydrogen-bond donors (Lipinski definition) is 1. The van der Waals surface area contributed by atoms with Crippen molar-refractivity contribution in [1.82, 2.24) is 5.32 Å². The molecule has 0 aliphatic rings. The van der Waals surface area contributed by atoms with E-state index in [9.17, 15) is 13.2 Å². The molecule has 1 N–H and O–H groups in total. The highest BCUT2D eigenvalue weighted by atomic mass is 35.5. The second-order valence-electron chi connectivity index (χ2n) is 2.36. The van der Waals surface area contributed by atoms with Gasteiger partial charge in [0, 0.05) is 18.1 Å². The Hall–Kier alpha value is -0.260. The molecule has 0 bridgehead atoms. The zero-order chi connectivity index (χ0) is 10.3. The first-order chi connectivity index (χ1) is 5.92. The van der Waals surface area contributed by atoms with Crippen LogP contribution in [0.4, 0.5) is 13.2 Å². The molecule has 0 radical (unpaired) electrons. The molecule has 0 aliphatic carbocycles. The van der Waals surface area contributed by atoms with Gasteiger partial charge in [-0.05, 0) is 0 Å². The van der Waals surface area contributed by atoms with Crippen LogP contribution in [0.5, 0.6) is 0 Å². The summed E-state index contributed by atoms with van der Waals surface area (Å²) in [5.41, 5.74) is 0. The smallest absolute Gasteiger partial charge is 0.371 e. The van der Waals surface area contributed by atoms with Gasteiger partial charge in [0.1, 0.15) is 6.61 Å². The number of nitrogens with one attached hydrogen (secondary N) is 1. The molecule has 0 saturated heterocycles. The van der Waals surface area contributed by atoms with Gasteiger partial charge >= 0.3 is 6.18 Å². The van der Waals surface area contributed by atoms with Crippen molar-refractivity contribution >= 4 is 11.6 Å². The van der Waals surface area contributed by atoms with Crippen LogP contribution in [-0.4, -0.2) is 32.5 Å². The third-order valence-corrected chi connectivity index (χ3v) is 1.14. The van der Waals surface area contributed by atoms with E-state index in [-0.39, 0.29) is 6.61 Å². The number of hydrogen-bond acceptors (Lipinski definition) is 2. The largest absolute Gasteiger partial charge is 0.411 e. The molecule has 0 aliphatic heterocycles. The Morgan fingerprint density at radius 3 is 2.54 bits per heavy atom. The molecule has 78 valence electrons. The lowest BCUT2D eigenvalue weighted by atomic mass is 10.5. The van der Waals surface area contributed by atoms with E-state index < -0.39 is 12.8 Å². The Bertz CT molecular complexity index is 160. The third kappa shape index (κ3) is 11.7. The van der Waals surface area contributed by atoms with Gasteiger partial charge < -0.3 is 10.1 Å². The molecule has 0 rings (SSSR count). The maximum Gasteiger partial charge on any atom is 0.411 e. The van der Waals surface area contributed by atoms with E-state index in [1.165, 1.54) is 0 Å². The van der Waals surface area contributed by atoms with Crippen molar-refractivity contribution in [3.8, 4) is 0 Å². The molecule has 0 amide bonds. The fourth-order valence-electron chi connectivity index (χ4n) is 0.556. The van der Waals surface area contributed by atoms with Crippen LogP contribution in [0.2, 0.25) is 0 Å². The predicted molar refractivity (Wildman–Crippen MR) is 44.7 cm³/mol. The minimum absolute atomic E-state index is 0.00365. The first-order valence-corrected chi connectivity index (χ1v) is 3.98. The highest BCUT2D eigenvalue weighted by Crippen LogP contribution is 2.13. The fraction of sp³-hybridized carbons (Fsp3) is 0.714.